The summed E-state index contributed by atoms with van der Waals surface area (Å²) in [5, 5.41) is 18.3. The highest BCUT2D eigenvalue weighted by molar-refractivity contribution is 5.82. The summed E-state index contributed by atoms with van der Waals surface area (Å²) in [6, 6.07) is 8.49. The molecule has 1 fully saturated rings. The number of benzene rings is 1. The number of nitrogens with one attached hydrogen (secondary N) is 2. The largest absolute Gasteiger partial charge is 0.370 e. The van der Waals surface area contributed by atoms with Crippen LogP contribution in [0.2, 0.25) is 0 Å². The fourth-order valence-electron chi connectivity index (χ4n) is 2.67. The molecule has 21 heavy (non-hydrogen) atoms. The van der Waals surface area contributed by atoms with E-state index in [1.54, 1.807) is 12.1 Å². The summed E-state index contributed by atoms with van der Waals surface area (Å²) < 4.78 is 0. The maximum atomic E-state index is 10.8. The van der Waals surface area contributed by atoms with Crippen molar-refractivity contribution in [2.24, 2.45) is 5.92 Å². The Labute approximate surface area is 122 Å². The molecule has 2 aromatic rings. The molecule has 0 spiro atoms. The fourth-order valence-corrected chi connectivity index (χ4v) is 2.67. The predicted molar refractivity (Wildman–Crippen MR) is 82.5 cm³/mol. The number of pyridine rings is 1. The zero-order valence-electron chi connectivity index (χ0n) is 11.7. The molecule has 6 nitrogen and oxygen atoms in total. The van der Waals surface area contributed by atoms with Crippen LogP contribution in [0.25, 0.3) is 10.9 Å². The van der Waals surface area contributed by atoms with E-state index in [9.17, 15) is 10.1 Å². The Hall–Kier alpha value is -2.21. The second-order valence-electron chi connectivity index (χ2n) is 5.42. The quantitative estimate of drug-likeness (QED) is 0.667. The van der Waals surface area contributed by atoms with Crippen LogP contribution >= 0.6 is 0 Å². The van der Waals surface area contributed by atoms with Gasteiger partial charge in [-0.05, 0) is 50.0 Å². The number of non-ortho nitro benzene ring substituents is 1. The van der Waals surface area contributed by atoms with Gasteiger partial charge in [-0.3, -0.25) is 10.1 Å². The Morgan fingerprint density at radius 3 is 3.05 bits per heavy atom. The number of nitrogens with zero attached hydrogens (tertiary/aromatic N) is 2. The highest BCUT2D eigenvalue weighted by Crippen LogP contribution is 2.21. The van der Waals surface area contributed by atoms with Crippen LogP contribution in [-0.4, -0.2) is 29.5 Å². The van der Waals surface area contributed by atoms with E-state index < -0.39 is 0 Å². The molecular formula is C15H18N4O2. The third-order valence-electron chi connectivity index (χ3n) is 3.85. The van der Waals surface area contributed by atoms with E-state index in [-0.39, 0.29) is 10.6 Å². The highest BCUT2D eigenvalue weighted by atomic mass is 16.6. The summed E-state index contributed by atoms with van der Waals surface area (Å²) in [5.41, 5.74) is 0.866. The molecule has 0 radical (unpaired) electrons. The molecule has 1 unspecified atom stereocenters. The summed E-state index contributed by atoms with van der Waals surface area (Å²) >= 11 is 0. The minimum Gasteiger partial charge on any atom is -0.370 e. The first-order valence-corrected chi connectivity index (χ1v) is 7.22. The van der Waals surface area contributed by atoms with Crippen LogP contribution in [0.4, 0.5) is 11.5 Å². The minimum atomic E-state index is -0.387. The second kappa shape index (κ2) is 6.05. The van der Waals surface area contributed by atoms with Gasteiger partial charge in [0.05, 0.1) is 10.4 Å². The zero-order valence-corrected chi connectivity index (χ0v) is 11.7. The maximum Gasteiger partial charge on any atom is 0.270 e. The summed E-state index contributed by atoms with van der Waals surface area (Å²) in [4.78, 5) is 14.9. The first-order chi connectivity index (χ1) is 10.2. The summed E-state index contributed by atoms with van der Waals surface area (Å²) in [6.07, 6.45) is 2.46. The van der Waals surface area contributed by atoms with E-state index in [1.807, 2.05) is 12.1 Å². The van der Waals surface area contributed by atoms with Crippen LogP contribution in [0.1, 0.15) is 12.8 Å². The van der Waals surface area contributed by atoms with Crippen LogP contribution in [0.15, 0.2) is 30.3 Å². The van der Waals surface area contributed by atoms with Crippen molar-refractivity contribution in [1.29, 1.82) is 0 Å². The van der Waals surface area contributed by atoms with Gasteiger partial charge in [0.15, 0.2) is 0 Å². The van der Waals surface area contributed by atoms with E-state index >= 15 is 0 Å². The van der Waals surface area contributed by atoms with Crippen LogP contribution in [0.5, 0.6) is 0 Å². The van der Waals surface area contributed by atoms with Crippen LogP contribution in [-0.2, 0) is 0 Å². The van der Waals surface area contributed by atoms with Gasteiger partial charge in [-0.15, -0.1) is 0 Å². The van der Waals surface area contributed by atoms with Gasteiger partial charge in [0, 0.05) is 24.1 Å². The number of piperidine rings is 1. The Morgan fingerprint density at radius 1 is 1.38 bits per heavy atom. The molecule has 1 aromatic carbocycles. The molecular weight excluding hydrogens is 268 g/mol. The number of anilines is 1. The molecule has 1 saturated heterocycles. The first-order valence-electron chi connectivity index (χ1n) is 7.22. The molecule has 2 heterocycles. The van der Waals surface area contributed by atoms with Gasteiger partial charge in [0.1, 0.15) is 5.82 Å². The molecule has 0 amide bonds. The Kier molecular flexibility index (Phi) is 3.96. The van der Waals surface area contributed by atoms with Crippen LogP contribution in [0, 0.1) is 16.0 Å². The number of hydrogen-bond donors (Lipinski definition) is 2. The number of aromatic nitrogens is 1. The Bertz CT molecular complexity index is 653. The van der Waals surface area contributed by atoms with Gasteiger partial charge >= 0.3 is 0 Å². The minimum absolute atomic E-state index is 0.0956. The summed E-state index contributed by atoms with van der Waals surface area (Å²) in [5.74, 6) is 1.45. The lowest BCUT2D eigenvalue weighted by atomic mass is 10.00. The average molecular weight is 286 g/mol. The molecule has 6 heteroatoms. The van der Waals surface area contributed by atoms with Crippen LogP contribution < -0.4 is 10.6 Å². The summed E-state index contributed by atoms with van der Waals surface area (Å²) in [6.45, 7) is 3.06. The summed E-state index contributed by atoms with van der Waals surface area (Å²) in [7, 11) is 0. The van der Waals surface area contributed by atoms with Crippen molar-refractivity contribution in [1.82, 2.24) is 10.3 Å². The van der Waals surface area contributed by atoms with Gasteiger partial charge in [0.25, 0.3) is 5.69 Å². The Morgan fingerprint density at radius 2 is 2.29 bits per heavy atom. The normalized spacial score (nSPS) is 18.6. The number of rotatable bonds is 4. The smallest absolute Gasteiger partial charge is 0.270 e. The van der Waals surface area contributed by atoms with Crippen LogP contribution in [0.3, 0.4) is 0 Å². The lowest BCUT2D eigenvalue weighted by Gasteiger charge is -2.23. The van der Waals surface area contributed by atoms with E-state index in [2.05, 4.69) is 15.6 Å². The van der Waals surface area contributed by atoms with Gasteiger partial charge in [-0.2, -0.15) is 0 Å². The molecule has 1 aliphatic rings. The van der Waals surface area contributed by atoms with Crippen molar-refractivity contribution in [3.8, 4) is 0 Å². The Balaban J connectivity index is 1.71. The number of nitro groups is 1. The molecule has 1 aliphatic heterocycles. The monoisotopic (exact) mass is 286 g/mol. The van der Waals surface area contributed by atoms with E-state index in [0.29, 0.717) is 5.92 Å². The van der Waals surface area contributed by atoms with Gasteiger partial charge in [-0.1, -0.05) is 0 Å². The molecule has 3 rings (SSSR count). The third-order valence-corrected chi connectivity index (χ3v) is 3.85. The molecule has 0 saturated carbocycles. The lowest BCUT2D eigenvalue weighted by molar-refractivity contribution is -0.384. The number of fused-ring (bicyclic) bond motifs is 1. The number of hydrogen-bond acceptors (Lipinski definition) is 5. The molecule has 1 atom stereocenters. The van der Waals surface area contributed by atoms with Gasteiger partial charge in [-0.25, -0.2) is 4.98 Å². The third kappa shape index (κ3) is 3.28. The van der Waals surface area contributed by atoms with E-state index in [0.717, 1.165) is 36.4 Å². The van der Waals surface area contributed by atoms with Crippen molar-refractivity contribution in [3.05, 3.63) is 40.4 Å². The van der Waals surface area contributed by atoms with Crippen molar-refractivity contribution in [2.75, 3.05) is 25.0 Å². The van der Waals surface area contributed by atoms with Crippen molar-refractivity contribution >= 4 is 22.4 Å². The number of nitro benzene ring substituents is 1. The van der Waals surface area contributed by atoms with Crippen molar-refractivity contribution < 1.29 is 4.92 Å². The maximum absolute atomic E-state index is 10.8. The molecule has 2 N–H and O–H groups in total. The SMILES string of the molecule is O=[N+]([O-])c1ccc2nc(NCC3CCCNC3)ccc2c1. The van der Waals surface area contributed by atoms with Gasteiger partial charge in [0.2, 0.25) is 0 Å². The topological polar surface area (TPSA) is 80.1 Å². The predicted octanol–water partition coefficient (Wildman–Crippen LogP) is 2.55. The fraction of sp³-hybridized carbons (Fsp3) is 0.400. The van der Waals surface area contributed by atoms with Crippen molar-refractivity contribution in [2.45, 2.75) is 12.8 Å². The van der Waals surface area contributed by atoms with Crippen molar-refractivity contribution in [3.63, 3.8) is 0 Å². The molecule has 1 aromatic heterocycles. The van der Waals surface area contributed by atoms with E-state index in [4.69, 9.17) is 0 Å². The average Bonchev–Trinajstić information content (AvgIpc) is 2.53. The first kappa shape index (κ1) is 13.8. The zero-order chi connectivity index (χ0) is 14.7. The highest BCUT2D eigenvalue weighted by Gasteiger charge is 2.13. The van der Waals surface area contributed by atoms with Gasteiger partial charge < -0.3 is 10.6 Å². The molecule has 0 bridgehead atoms. The van der Waals surface area contributed by atoms with E-state index in [1.165, 1.54) is 18.9 Å². The second-order valence-corrected chi connectivity index (χ2v) is 5.42. The standard InChI is InChI=1S/C15H18N4O2/c20-19(21)13-4-5-14-12(8-13)3-6-15(18-14)17-10-11-2-1-7-16-9-11/h3-6,8,11,16H,1-2,7,9-10H2,(H,17,18). The molecule has 0 aliphatic carbocycles. The lowest BCUT2D eigenvalue weighted by Crippen LogP contribution is -2.33. The molecule has 110 valence electrons.